The number of ether oxygens (including phenoxy) is 1. The highest BCUT2D eigenvalue weighted by Gasteiger charge is 2.11. The van der Waals surface area contributed by atoms with Gasteiger partial charge >= 0.3 is 0 Å². The van der Waals surface area contributed by atoms with Gasteiger partial charge in [-0.05, 0) is 29.8 Å². The number of nitrogens with zero attached hydrogens (tertiary/aromatic N) is 1. The van der Waals surface area contributed by atoms with Gasteiger partial charge in [0.25, 0.3) is 0 Å². The Balaban J connectivity index is 2.37. The van der Waals surface area contributed by atoms with E-state index >= 15 is 0 Å². The Kier molecular flexibility index (Phi) is 4.16. The van der Waals surface area contributed by atoms with Crippen molar-refractivity contribution in [3.63, 3.8) is 0 Å². The molecular weight excluding hydrogens is 322 g/mol. The van der Waals surface area contributed by atoms with Crippen molar-refractivity contribution < 1.29 is 9.13 Å². The zero-order chi connectivity index (χ0) is 13.1. The molecule has 0 saturated heterocycles. The van der Waals surface area contributed by atoms with Crippen LogP contribution in [0, 0.1) is 5.82 Å². The van der Waals surface area contributed by atoms with Gasteiger partial charge in [-0.3, -0.25) is 0 Å². The summed E-state index contributed by atoms with van der Waals surface area (Å²) in [5.74, 6) is -0.307. The monoisotopic (exact) mass is 330 g/mol. The van der Waals surface area contributed by atoms with Gasteiger partial charge in [-0.2, -0.15) is 0 Å². The number of nitrogens with two attached hydrogens (primary N) is 1. The Bertz CT molecular complexity index is 580. The van der Waals surface area contributed by atoms with Crippen molar-refractivity contribution in [2.24, 2.45) is 5.73 Å². The van der Waals surface area contributed by atoms with Crippen LogP contribution in [0.2, 0.25) is 5.02 Å². The third-order valence-corrected chi connectivity index (χ3v) is 3.15. The smallest absolute Gasteiger partial charge is 0.238 e. The third-order valence-electron chi connectivity index (χ3n) is 2.26. The van der Waals surface area contributed by atoms with E-state index in [0.29, 0.717) is 15.1 Å². The van der Waals surface area contributed by atoms with Crippen molar-refractivity contribution in [3.8, 4) is 11.6 Å². The molecule has 3 nitrogen and oxygen atoms in total. The Morgan fingerprint density at radius 2 is 2.17 bits per heavy atom. The summed E-state index contributed by atoms with van der Waals surface area (Å²) in [6.45, 7) is 0.263. The molecule has 0 bridgehead atoms. The highest BCUT2D eigenvalue weighted by molar-refractivity contribution is 9.10. The van der Waals surface area contributed by atoms with Gasteiger partial charge < -0.3 is 10.5 Å². The van der Waals surface area contributed by atoms with Gasteiger partial charge in [-0.1, -0.05) is 27.5 Å². The summed E-state index contributed by atoms with van der Waals surface area (Å²) in [6, 6.07) is 6.06. The molecule has 6 heteroatoms. The minimum absolute atomic E-state index is 0.0490. The largest absolute Gasteiger partial charge is 0.434 e. The Labute approximate surface area is 117 Å². The third kappa shape index (κ3) is 2.80. The fourth-order valence-corrected chi connectivity index (χ4v) is 1.92. The first-order valence-corrected chi connectivity index (χ1v) is 6.25. The highest BCUT2D eigenvalue weighted by atomic mass is 79.9. The second kappa shape index (κ2) is 5.65. The molecule has 0 saturated carbocycles. The van der Waals surface area contributed by atoms with Crippen molar-refractivity contribution in [1.29, 1.82) is 0 Å². The molecule has 0 unspecified atom stereocenters. The lowest BCUT2D eigenvalue weighted by Gasteiger charge is -2.09. The molecule has 0 aliphatic rings. The summed E-state index contributed by atoms with van der Waals surface area (Å²) in [6.07, 6.45) is 1.51. The van der Waals surface area contributed by atoms with E-state index in [1.807, 2.05) is 0 Å². The average Bonchev–Trinajstić information content (AvgIpc) is 2.36. The average molecular weight is 332 g/mol. The zero-order valence-corrected chi connectivity index (χ0v) is 11.5. The number of aromatic nitrogens is 1. The molecule has 1 aromatic carbocycles. The molecule has 0 radical (unpaired) electrons. The van der Waals surface area contributed by atoms with Crippen molar-refractivity contribution >= 4 is 27.5 Å². The number of hydrogen-bond acceptors (Lipinski definition) is 3. The van der Waals surface area contributed by atoms with Gasteiger partial charge in [-0.25, -0.2) is 9.37 Å². The van der Waals surface area contributed by atoms with Crippen LogP contribution in [0.3, 0.4) is 0 Å². The molecule has 0 atom stereocenters. The van der Waals surface area contributed by atoms with E-state index in [-0.39, 0.29) is 18.2 Å². The van der Waals surface area contributed by atoms with E-state index in [1.54, 1.807) is 12.1 Å². The minimum atomic E-state index is -0.491. The normalized spacial score (nSPS) is 10.4. The van der Waals surface area contributed by atoms with E-state index in [2.05, 4.69) is 20.9 Å². The van der Waals surface area contributed by atoms with Crippen LogP contribution in [-0.2, 0) is 6.54 Å². The van der Waals surface area contributed by atoms with Crippen molar-refractivity contribution in [1.82, 2.24) is 4.98 Å². The highest BCUT2D eigenvalue weighted by Crippen LogP contribution is 2.32. The summed E-state index contributed by atoms with van der Waals surface area (Å²) in [5.41, 5.74) is 6.21. The zero-order valence-electron chi connectivity index (χ0n) is 9.16. The van der Waals surface area contributed by atoms with Crippen molar-refractivity contribution in [3.05, 3.63) is 51.3 Å². The lowest BCUT2D eigenvalue weighted by molar-refractivity contribution is 0.427. The molecule has 1 aromatic heterocycles. The van der Waals surface area contributed by atoms with Crippen LogP contribution in [-0.4, -0.2) is 4.98 Å². The summed E-state index contributed by atoms with van der Waals surface area (Å²) in [7, 11) is 0. The Morgan fingerprint density at radius 3 is 2.89 bits per heavy atom. The van der Waals surface area contributed by atoms with Crippen LogP contribution >= 0.6 is 27.5 Å². The van der Waals surface area contributed by atoms with Crippen molar-refractivity contribution in [2.45, 2.75) is 6.54 Å². The lowest BCUT2D eigenvalue weighted by Crippen LogP contribution is -2.00. The van der Waals surface area contributed by atoms with Crippen LogP contribution in [0.5, 0.6) is 11.6 Å². The molecule has 0 amide bonds. The number of pyridine rings is 1. The van der Waals surface area contributed by atoms with Gasteiger partial charge in [0, 0.05) is 17.2 Å². The maximum atomic E-state index is 13.5. The van der Waals surface area contributed by atoms with Crippen LogP contribution in [0.1, 0.15) is 5.56 Å². The molecule has 0 spiro atoms. The molecule has 2 N–H and O–H groups in total. The number of rotatable bonds is 3. The summed E-state index contributed by atoms with van der Waals surface area (Å²) in [5, 5.41) is 0.291. The second-order valence-corrected chi connectivity index (χ2v) is 4.76. The van der Waals surface area contributed by atoms with E-state index in [9.17, 15) is 4.39 Å². The quantitative estimate of drug-likeness (QED) is 0.928. The predicted octanol–water partition coefficient (Wildman–Crippen LogP) is 3.89. The predicted molar refractivity (Wildman–Crippen MR) is 71.3 cm³/mol. The SMILES string of the molecule is NCc1ccnc(Oc2cc(Br)ccc2F)c1Cl. The number of hydrogen-bond donors (Lipinski definition) is 1. The van der Waals surface area contributed by atoms with E-state index in [0.717, 1.165) is 0 Å². The lowest BCUT2D eigenvalue weighted by atomic mass is 10.2. The van der Waals surface area contributed by atoms with Gasteiger partial charge in [0.2, 0.25) is 5.88 Å². The fourth-order valence-electron chi connectivity index (χ4n) is 1.35. The van der Waals surface area contributed by atoms with E-state index < -0.39 is 5.82 Å². The summed E-state index contributed by atoms with van der Waals surface area (Å²) in [4.78, 5) is 3.96. The maximum absolute atomic E-state index is 13.5. The Hall–Kier alpha value is -1.17. The molecule has 2 aromatic rings. The first kappa shape index (κ1) is 13.3. The number of halogens is 3. The van der Waals surface area contributed by atoms with Gasteiger partial charge in [0.1, 0.15) is 5.02 Å². The van der Waals surface area contributed by atoms with Crippen LogP contribution in [0.15, 0.2) is 34.9 Å². The maximum Gasteiger partial charge on any atom is 0.238 e. The van der Waals surface area contributed by atoms with Gasteiger partial charge in [-0.15, -0.1) is 0 Å². The number of benzene rings is 1. The molecule has 2 rings (SSSR count). The van der Waals surface area contributed by atoms with Gasteiger partial charge in [0.15, 0.2) is 11.6 Å². The minimum Gasteiger partial charge on any atom is -0.434 e. The molecule has 94 valence electrons. The van der Waals surface area contributed by atoms with Crippen LogP contribution in [0.4, 0.5) is 4.39 Å². The standard InChI is InChI=1S/C12H9BrClFN2O/c13-8-1-2-9(15)10(5-8)18-12-11(14)7(6-16)3-4-17-12/h1-5H,6,16H2. The molecular formula is C12H9BrClFN2O. The molecule has 18 heavy (non-hydrogen) atoms. The summed E-state index contributed by atoms with van der Waals surface area (Å²) < 4.78 is 19.6. The molecule has 0 aliphatic carbocycles. The first-order chi connectivity index (χ1) is 8.61. The van der Waals surface area contributed by atoms with Crippen LogP contribution in [0.25, 0.3) is 0 Å². The molecule has 1 heterocycles. The van der Waals surface area contributed by atoms with Crippen molar-refractivity contribution in [2.75, 3.05) is 0 Å². The van der Waals surface area contributed by atoms with E-state index in [4.69, 9.17) is 22.1 Å². The fraction of sp³-hybridized carbons (Fsp3) is 0.0833. The summed E-state index contributed by atoms with van der Waals surface area (Å²) >= 11 is 9.29. The molecule has 0 aliphatic heterocycles. The van der Waals surface area contributed by atoms with Crippen LogP contribution < -0.4 is 10.5 Å². The van der Waals surface area contributed by atoms with E-state index in [1.165, 1.54) is 18.3 Å². The second-order valence-electron chi connectivity index (χ2n) is 3.47. The van der Waals surface area contributed by atoms with Gasteiger partial charge in [0.05, 0.1) is 0 Å². The first-order valence-electron chi connectivity index (χ1n) is 5.08. The Morgan fingerprint density at radius 1 is 1.39 bits per heavy atom. The molecule has 0 fully saturated rings. The topological polar surface area (TPSA) is 48.1 Å².